The summed E-state index contributed by atoms with van der Waals surface area (Å²) in [5.74, 6) is -0.00835. The lowest BCUT2D eigenvalue weighted by Gasteiger charge is -2.15. The summed E-state index contributed by atoms with van der Waals surface area (Å²) in [5.41, 5.74) is -0.995. The normalized spacial score (nSPS) is 17.5. The monoisotopic (exact) mass is 469 g/mol. The number of rotatable bonds is 5. The van der Waals surface area contributed by atoms with Crippen molar-refractivity contribution in [2.24, 2.45) is 0 Å². The number of carbonyl (C=O) groups is 1. The fourth-order valence-electron chi connectivity index (χ4n) is 3.95. The van der Waals surface area contributed by atoms with Crippen LogP contribution in [0.2, 0.25) is 0 Å². The number of fused-ring (bicyclic) bond motifs is 3. The number of alkyl halides is 3. The Morgan fingerprint density at radius 1 is 1.16 bits per heavy atom. The Bertz CT molecular complexity index is 1230. The van der Waals surface area contributed by atoms with Crippen LogP contribution < -0.4 is 10.9 Å². The number of aromatic nitrogens is 4. The van der Waals surface area contributed by atoms with Crippen molar-refractivity contribution in [1.82, 2.24) is 20.2 Å². The molecule has 0 bridgehead atoms. The highest BCUT2D eigenvalue weighted by Gasteiger charge is 2.66. The van der Waals surface area contributed by atoms with E-state index in [9.17, 15) is 22.8 Å². The maximum Gasteiger partial charge on any atom is 0.400 e. The van der Waals surface area contributed by atoms with Gasteiger partial charge in [-0.1, -0.05) is 11.3 Å². The highest BCUT2D eigenvalue weighted by molar-refractivity contribution is 7.18. The summed E-state index contributed by atoms with van der Waals surface area (Å²) < 4.78 is 39.6. The molecular formula is C19H18F3N5O2S2. The van der Waals surface area contributed by atoms with E-state index in [-0.39, 0.29) is 41.4 Å². The predicted octanol–water partition coefficient (Wildman–Crippen LogP) is 3.88. The summed E-state index contributed by atoms with van der Waals surface area (Å²) in [4.78, 5) is 34.0. The molecule has 1 amide bonds. The van der Waals surface area contributed by atoms with Gasteiger partial charge in [0.2, 0.25) is 11.0 Å². The first-order valence-corrected chi connectivity index (χ1v) is 11.6. The molecule has 3 aromatic heterocycles. The fraction of sp³-hybridized carbons (Fsp3) is 0.526. The first kappa shape index (κ1) is 20.6. The summed E-state index contributed by atoms with van der Waals surface area (Å²) in [5, 5.41) is 10.4. The van der Waals surface area contributed by atoms with Crippen LogP contribution in [0.25, 0.3) is 10.2 Å². The van der Waals surface area contributed by atoms with Gasteiger partial charge in [-0.05, 0) is 44.1 Å². The molecule has 1 saturated carbocycles. The van der Waals surface area contributed by atoms with Crippen LogP contribution >= 0.6 is 22.7 Å². The molecule has 0 radical (unpaired) electrons. The van der Waals surface area contributed by atoms with Crippen LogP contribution in [-0.4, -0.2) is 32.2 Å². The molecule has 0 unspecified atom stereocenters. The molecule has 3 aromatic rings. The van der Waals surface area contributed by atoms with Gasteiger partial charge in [-0.3, -0.25) is 9.59 Å². The van der Waals surface area contributed by atoms with E-state index in [1.165, 1.54) is 16.2 Å². The first-order valence-electron chi connectivity index (χ1n) is 10.0. The van der Waals surface area contributed by atoms with Crippen LogP contribution in [0.4, 0.5) is 18.3 Å². The molecule has 12 heteroatoms. The lowest BCUT2D eigenvalue weighted by atomic mass is 9.97. The second-order valence-corrected chi connectivity index (χ2v) is 10.0. The lowest BCUT2D eigenvalue weighted by Crippen LogP contribution is -2.28. The van der Waals surface area contributed by atoms with Crippen molar-refractivity contribution in [3.8, 4) is 0 Å². The van der Waals surface area contributed by atoms with E-state index in [1.54, 1.807) is 0 Å². The van der Waals surface area contributed by atoms with Gasteiger partial charge in [0.25, 0.3) is 5.56 Å². The second kappa shape index (κ2) is 7.37. The predicted molar refractivity (Wildman–Crippen MR) is 111 cm³/mol. The molecule has 0 aliphatic heterocycles. The molecule has 31 heavy (non-hydrogen) atoms. The third-order valence-corrected chi connectivity index (χ3v) is 8.06. The molecule has 3 heterocycles. The molecule has 5 rings (SSSR count). The van der Waals surface area contributed by atoms with Crippen LogP contribution in [0, 0.1) is 0 Å². The average Bonchev–Trinajstić information content (AvgIpc) is 3.27. The van der Waals surface area contributed by atoms with Crippen molar-refractivity contribution < 1.29 is 18.0 Å². The molecule has 1 fully saturated rings. The molecule has 2 N–H and O–H groups in total. The summed E-state index contributed by atoms with van der Waals surface area (Å²) in [6.07, 6.45) is -0.130. The highest BCUT2D eigenvalue weighted by Crippen LogP contribution is 2.59. The zero-order chi connectivity index (χ0) is 21.8. The van der Waals surface area contributed by atoms with E-state index in [2.05, 4.69) is 25.5 Å². The van der Waals surface area contributed by atoms with Gasteiger partial charge in [-0.25, -0.2) is 4.98 Å². The third kappa shape index (κ3) is 3.65. The van der Waals surface area contributed by atoms with Gasteiger partial charge < -0.3 is 10.3 Å². The minimum Gasteiger partial charge on any atom is -0.310 e. The van der Waals surface area contributed by atoms with E-state index in [0.717, 1.165) is 42.6 Å². The number of aryl methyl sites for hydroxylation is 3. The zero-order valence-electron chi connectivity index (χ0n) is 16.3. The minimum absolute atomic E-state index is 0.00720. The smallest absolute Gasteiger partial charge is 0.310 e. The van der Waals surface area contributed by atoms with Crippen LogP contribution in [0.1, 0.15) is 53.4 Å². The number of H-pyrrole nitrogens is 1. The maximum absolute atomic E-state index is 13.2. The van der Waals surface area contributed by atoms with Gasteiger partial charge in [-0.15, -0.1) is 21.5 Å². The van der Waals surface area contributed by atoms with Crippen LogP contribution in [0.15, 0.2) is 4.79 Å². The van der Waals surface area contributed by atoms with E-state index in [0.29, 0.717) is 16.0 Å². The molecule has 2 aliphatic rings. The number of halogens is 3. The van der Waals surface area contributed by atoms with Crippen molar-refractivity contribution in [3.63, 3.8) is 0 Å². The largest absolute Gasteiger partial charge is 0.400 e. The van der Waals surface area contributed by atoms with Gasteiger partial charge in [0.05, 0.1) is 5.39 Å². The minimum atomic E-state index is -4.37. The number of hydrogen-bond acceptors (Lipinski definition) is 7. The number of nitrogens with one attached hydrogen (secondary N) is 2. The van der Waals surface area contributed by atoms with Crippen molar-refractivity contribution in [3.05, 3.63) is 31.6 Å². The number of hydrogen-bond donors (Lipinski definition) is 2. The van der Waals surface area contributed by atoms with Crippen molar-refractivity contribution in [1.29, 1.82) is 0 Å². The van der Waals surface area contributed by atoms with Gasteiger partial charge in [-0.2, -0.15) is 13.2 Å². The Morgan fingerprint density at radius 2 is 1.94 bits per heavy atom. The Hall–Kier alpha value is -2.34. The summed E-state index contributed by atoms with van der Waals surface area (Å²) in [7, 11) is 0. The Morgan fingerprint density at radius 3 is 2.68 bits per heavy atom. The van der Waals surface area contributed by atoms with Crippen molar-refractivity contribution in [2.45, 2.75) is 63.0 Å². The first-order chi connectivity index (χ1) is 14.8. The van der Waals surface area contributed by atoms with Gasteiger partial charge >= 0.3 is 6.18 Å². The quantitative estimate of drug-likeness (QED) is 0.591. The van der Waals surface area contributed by atoms with Crippen molar-refractivity contribution >= 4 is 43.9 Å². The molecule has 0 saturated heterocycles. The number of thiophene rings is 1. The third-order valence-electron chi connectivity index (χ3n) is 5.84. The Kier molecular flexibility index (Phi) is 4.88. The number of carbonyl (C=O) groups excluding carboxylic acids is 1. The summed E-state index contributed by atoms with van der Waals surface area (Å²) in [6, 6.07) is 0. The van der Waals surface area contributed by atoms with Gasteiger partial charge in [0.15, 0.2) is 0 Å². The Balaban J connectivity index is 1.25. The lowest BCUT2D eigenvalue weighted by molar-refractivity contribution is -0.160. The van der Waals surface area contributed by atoms with E-state index in [1.807, 2.05) is 0 Å². The fourth-order valence-corrected chi connectivity index (χ4v) is 6.26. The van der Waals surface area contributed by atoms with Crippen LogP contribution in [0.3, 0.4) is 0 Å². The second-order valence-electron chi connectivity index (χ2n) is 7.94. The Labute approximate surface area is 182 Å². The van der Waals surface area contributed by atoms with E-state index < -0.39 is 17.5 Å². The standard InChI is InChI=1S/C19H18F3N5O2S2/c20-19(21,22)18(7-8-18)16-26-27-17(31-16)25-12(28)6-5-11-23-14(29)13-9-3-1-2-4-10(9)30-15(13)24-11/h1-8H2,(H,23,24,29)(H,25,27,28). The molecular weight excluding hydrogens is 451 g/mol. The molecule has 0 atom stereocenters. The van der Waals surface area contributed by atoms with Gasteiger partial charge in [0, 0.05) is 17.7 Å². The van der Waals surface area contributed by atoms with Gasteiger partial charge in [0.1, 0.15) is 21.1 Å². The number of amides is 1. The SMILES string of the molecule is O=C(CCc1nc2sc3c(c2c(=O)[nH]1)CCCC3)Nc1nnc(C2(C(F)(F)F)CC2)s1. The summed E-state index contributed by atoms with van der Waals surface area (Å²) >= 11 is 2.29. The number of aromatic amines is 1. The topological polar surface area (TPSA) is 101 Å². The maximum atomic E-state index is 13.2. The zero-order valence-corrected chi connectivity index (χ0v) is 17.9. The summed E-state index contributed by atoms with van der Waals surface area (Å²) in [6.45, 7) is 0. The molecule has 2 aliphatic carbocycles. The van der Waals surface area contributed by atoms with E-state index in [4.69, 9.17) is 0 Å². The molecule has 0 spiro atoms. The highest BCUT2D eigenvalue weighted by atomic mass is 32.1. The number of anilines is 1. The number of nitrogens with zero attached hydrogens (tertiary/aromatic N) is 3. The average molecular weight is 470 g/mol. The molecule has 164 valence electrons. The van der Waals surface area contributed by atoms with Crippen LogP contribution in [0.5, 0.6) is 0 Å². The van der Waals surface area contributed by atoms with E-state index >= 15 is 0 Å². The van der Waals surface area contributed by atoms with Crippen molar-refractivity contribution in [2.75, 3.05) is 5.32 Å². The molecule has 0 aromatic carbocycles. The molecule has 7 nitrogen and oxygen atoms in total. The van der Waals surface area contributed by atoms with Crippen LogP contribution in [-0.2, 0) is 29.5 Å².